The first-order valence-electron chi connectivity index (χ1n) is 7.16. The second-order valence-corrected chi connectivity index (χ2v) is 7.23. The Morgan fingerprint density at radius 1 is 1.18 bits per heavy atom. The fourth-order valence-corrected chi connectivity index (χ4v) is 3.21. The maximum atomic E-state index is 12.6. The Morgan fingerprint density at radius 3 is 2.41 bits per heavy atom. The lowest BCUT2D eigenvalue weighted by Crippen LogP contribution is -2.41. The first-order chi connectivity index (χ1) is 10.1. The Balaban J connectivity index is 2.04. The van der Waals surface area contributed by atoms with Crippen LogP contribution in [0.25, 0.3) is 0 Å². The maximum absolute atomic E-state index is 12.6. The second kappa shape index (κ2) is 6.06. The highest BCUT2D eigenvalue weighted by molar-refractivity contribution is 7.13. The monoisotopic (exact) mass is 335 g/mol. The van der Waals surface area contributed by atoms with Crippen molar-refractivity contribution in [3.63, 3.8) is 0 Å². The molecule has 1 aromatic heterocycles. The van der Waals surface area contributed by atoms with E-state index in [1.165, 1.54) is 0 Å². The van der Waals surface area contributed by atoms with Gasteiger partial charge in [-0.15, -0.1) is 11.3 Å². The number of alkyl halides is 3. The third-order valence-corrected chi connectivity index (χ3v) is 4.38. The van der Waals surface area contributed by atoms with Crippen molar-refractivity contribution in [2.24, 2.45) is 5.41 Å². The van der Waals surface area contributed by atoms with Crippen LogP contribution in [-0.2, 0) is 11.0 Å². The minimum atomic E-state index is -4.41. The van der Waals surface area contributed by atoms with E-state index in [4.69, 9.17) is 0 Å². The summed E-state index contributed by atoms with van der Waals surface area (Å²) in [7, 11) is 0. The van der Waals surface area contributed by atoms with Crippen LogP contribution >= 0.6 is 11.3 Å². The maximum Gasteiger partial charge on any atom is 0.434 e. The zero-order valence-corrected chi connectivity index (χ0v) is 13.7. The van der Waals surface area contributed by atoms with Crippen LogP contribution < -0.4 is 4.90 Å². The lowest BCUT2D eigenvalue weighted by atomic mass is 9.94. The summed E-state index contributed by atoms with van der Waals surface area (Å²) in [5, 5.41) is 1.41. The van der Waals surface area contributed by atoms with Crippen molar-refractivity contribution in [2.75, 3.05) is 31.1 Å². The van der Waals surface area contributed by atoms with Crippen molar-refractivity contribution < 1.29 is 18.0 Å². The van der Waals surface area contributed by atoms with Crippen molar-refractivity contribution in [1.29, 1.82) is 0 Å². The second-order valence-electron chi connectivity index (χ2n) is 6.40. The van der Waals surface area contributed by atoms with E-state index in [0.717, 1.165) is 23.1 Å². The molecule has 1 aliphatic rings. The van der Waals surface area contributed by atoms with Crippen LogP contribution in [0, 0.1) is 5.41 Å². The standard InChI is InChI=1S/C14H20F3N3OS/c1-13(2,3)11(21)19-5-4-6-20(8-7-19)12-18-10(9-22-12)14(15,16)17/h9H,4-8H2,1-3H3. The van der Waals surface area contributed by atoms with Gasteiger partial charge >= 0.3 is 6.18 Å². The molecule has 124 valence electrons. The molecular weight excluding hydrogens is 315 g/mol. The molecule has 0 unspecified atom stereocenters. The van der Waals surface area contributed by atoms with Crippen molar-refractivity contribution in [3.8, 4) is 0 Å². The van der Waals surface area contributed by atoms with E-state index < -0.39 is 17.3 Å². The van der Waals surface area contributed by atoms with Crippen LogP contribution in [0.5, 0.6) is 0 Å². The van der Waals surface area contributed by atoms with Gasteiger partial charge in [0.15, 0.2) is 10.8 Å². The fourth-order valence-electron chi connectivity index (χ4n) is 2.33. The summed E-state index contributed by atoms with van der Waals surface area (Å²) in [5.41, 5.74) is -1.29. The quantitative estimate of drug-likeness (QED) is 0.790. The number of carbonyl (C=O) groups is 1. The number of anilines is 1. The van der Waals surface area contributed by atoms with Gasteiger partial charge in [0.05, 0.1) is 0 Å². The summed E-state index contributed by atoms with van der Waals surface area (Å²) in [6, 6.07) is 0. The molecule has 1 saturated heterocycles. The highest BCUT2D eigenvalue weighted by atomic mass is 32.1. The van der Waals surface area contributed by atoms with E-state index in [1.54, 1.807) is 4.90 Å². The molecule has 0 aliphatic carbocycles. The van der Waals surface area contributed by atoms with Gasteiger partial charge in [-0.05, 0) is 6.42 Å². The number of halogens is 3. The number of amides is 1. The Bertz CT molecular complexity index is 536. The van der Waals surface area contributed by atoms with Crippen LogP contribution in [0.2, 0.25) is 0 Å². The van der Waals surface area contributed by atoms with E-state index in [9.17, 15) is 18.0 Å². The number of aromatic nitrogens is 1. The molecule has 1 amide bonds. The summed E-state index contributed by atoms with van der Waals surface area (Å²) in [5.74, 6) is 0.0736. The van der Waals surface area contributed by atoms with Gasteiger partial charge in [-0.1, -0.05) is 20.8 Å². The number of thiazole rings is 1. The Morgan fingerprint density at radius 2 is 1.86 bits per heavy atom. The molecule has 1 aromatic rings. The molecule has 0 saturated carbocycles. The first-order valence-corrected chi connectivity index (χ1v) is 8.04. The summed E-state index contributed by atoms with van der Waals surface area (Å²) < 4.78 is 37.9. The smallest absolute Gasteiger partial charge is 0.346 e. The lowest BCUT2D eigenvalue weighted by molar-refractivity contribution is -0.140. The van der Waals surface area contributed by atoms with Gasteiger partial charge < -0.3 is 9.80 Å². The van der Waals surface area contributed by atoms with E-state index in [1.807, 2.05) is 25.7 Å². The fraction of sp³-hybridized carbons (Fsp3) is 0.714. The van der Waals surface area contributed by atoms with Crippen molar-refractivity contribution in [3.05, 3.63) is 11.1 Å². The number of nitrogens with zero attached hydrogens (tertiary/aromatic N) is 3. The Hall–Kier alpha value is -1.31. The van der Waals surface area contributed by atoms with Crippen LogP contribution in [0.15, 0.2) is 5.38 Å². The molecule has 1 fully saturated rings. The SMILES string of the molecule is CC(C)(C)C(=O)N1CCCN(c2nc(C(F)(F)F)cs2)CC1. The minimum absolute atomic E-state index is 0.0736. The van der Waals surface area contributed by atoms with E-state index in [2.05, 4.69) is 4.98 Å². The van der Waals surface area contributed by atoms with Crippen LogP contribution in [0.3, 0.4) is 0 Å². The zero-order chi connectivity index (χ0) is 16.5. The van der Waals surface area contributed by atoms with Crippen molar-refractivity contribution in [1.82, 2.24) is 9.88 Å². The molecule has 2 heterocycles. The van der Waals surface area contributed by atoms with E-state index >= 15 is 0 Å². The number of hydrogen-bond acceptors (Lipinski definition) is 4. The topological polar surface area (TPSA) is 36.4 Å². The van der Waals surface area contributed by atoms with Gasteiger partial charge in [-0.2, -0.15) is 13.2 Å². The van der Waals surface area contributed by atoms with Gasteiger partial charge in [0, 0.05) is 37.0 Å². The molecule has 0 spiro atoms. The zero-order valence-electron chi connectivity index (χ0n) is 12.9. The highest BCUT2D eigenvalue weighted by Crippen LogP contribution is 2.33. The van der Waals surface area contributed by atoms with Gasteiger partial charge in [0.25, 0.3) is 0 Å². The number of hydrogen-bond donors (Lipinski definition) is 0. The minimum Gasteiger partial charge on any atom is -0.346 e. The van der Waals surface area contributed by atoms with Gasteiger partial charge in [-0.3, -0.25) is 4.79 Å². The first kappa shape index (κ1) is 17.1. The third kappa shape index (κ3) is 3.91. The summed E-state index contributed by atoms with van der Waals surface area (Å²) in [6.07, 6.45) is -3.68. The van der Waals surface area contributed by atoms with Gasteiger partial charge in [0.1, 0.15) is 0 Å². The molecule has 0 atom stereocenters. The van der Waals surface area contributed by atoms with E-state index in [-0.39, 0.29) is 5.91 Å². The van der Waals surface area contributed by atoms with Crippen molar-refractivity contribution in [2.45, 2.75) is 33.4 Å². The largest absolute Gasteiger partial charge is 0.434 e. The molecule has 4 nitrogen and oxygen atoms in total. The molecular formula is C14H20F3N3OS. The predicted molar refractivity (Wildman–Crippen MR) is 80.0 cm³/mol. The third-order valence-electron chi connectivity index (χ3n) is 3.48. The average Bonchev–Trinajstić information content (AvgIpc) is 2.76. The average molecular weight is 335 g/mol. The van der Waals surface area contributed by atoms with Crippen molar-refractivity contribution >= 4 is 22.4 Å². The number of carbonyl (C=O) groups excluding carboxylic acids is 1. The Kier molecular flexibility index (Phi) is 4.70. The summed E-state index contributed by atoms with van der Waals surface area (Å²) in [6.45, 7) is 7.86. The normalized spacial score (nSPS) is 17.5. The molecule has 1 aliphatic heterocycles. The summed E-state index contributed by atoms with van der Waals surface area (Å²) in [4.78, 5) is 19.6. The number of rotatable bonds is 1. The Labute approximate surface area is 131 Å². The van der Waals surface area contributed by atoms with E-state index in [0.29, 0.717) is 31.3 Å². The molecule has 0 aromatic carbocycles. The molecule has 8 heteroatoms. The van der Waals surface area contributed by atoms with Gasteiger partial charge in [0.2, 0.25) is 5.91 Å². The highest BCUT2D eigenvalue weighted by Gasteiger charge is 2.35. The van der Waals surface area contributed by atoms with Crippen LogP contribution in [-0.4, -0.2) is 42.0 Å². The lowest BCUT2D eigenvalue weighted by Gasteiger charge is -2.28. The molecule has 2 rings (SSSR count). The molecule has 0 radical (unpaired) electrons. The molecule has 0 bridgehead atoms. The summed E-state index contributed by atoms with van der Waals surface area (Å²) >= 11 is 0.999. The molecule has 0 N–H and O–H groups in total. The predicted octanol–water partition coefficient (Wildman–Crippen LogP) is 3.25. The molecule has 22 heavy (non-hydrogen) atoms. The van der Waals surface area contributed by atoms with Gasteiger partial charge in [-0.25, -0.2) is 4.98 Å². The van der Waals surface area contributed by atoms with Crippen LogP contribution in [0.4, 0.5) is 18.3 Å². The van der Waals surface area contributed by atoms with Crippen LogP contribution in [0.1, 0.15) is 32.9 Å².